The molecule has 0 saturated carbocycles. The first kappa shape index (κ1) is 7.68. The molecule has 0 aromatic rings. The van der Waals surface area contributed by atoms with Crippen LogP contribution in [0.25, 0.3) is 0 Å². The second-order valence-electron chi connectivity index (χ2n) is 1.11. The van der Waals surface area contributed by atoms with Gasteiger partial charge in [-0.3, -0.25) is 0 Å². The van der Waals surface area contributed by atoms with Crippen molar-refractivity contribution >= 4 is 17.7 Å². The Morgan fingerprint density at radius 1 is 1.50 bits per heavy atom. The maximum atomic E-state index is 11.1. The Balaban J connectivity index is 3.24. The van der Waals surface area contributed by atoms with Crippen LogP contribution < -0.4 is 5.32 Å². The lowest BCUT2D eigenvalue weighted by Gasteiger charge is -2.02. The number of halogens is 3. The Morgan fingerprint density at radius 2 is 2.00 bits per heavy atom. The third-order valence-electron chi connectivity index (χ3n) is 0.386. The number of alkyl halides is 3. The van der Waals surface area contributed by atoms with Gasteiger partial charge in [0, 0.05) is 0 Å². The highest BCUT2D eigenvalue weighted by Gasteiger charge is 2.25. The van der Waals surface area contributed by atoms with Gasteiger partial charge in [-0.2, -0.15) is 13.2 Å². The molecular formula is C3H4F3NS. The molecule has 5 heteroatoms. The number of hydrogen-bond donors (Lipinski definition) is 1. The number of rotatable bonds is 2. The van der Waals surface area contributed by atoms with Crippen LogP contribution in [0, 0.1) is 0 Å². The Morgan fingerprint density at radius 3 is 2.12 bits per heavy atom. The Labute approximate surface area is 49.9 Å². The molecular weight excluding hydrogens is 139 g/mol. The molecule has 0 radical (unpaired) electrons. The van der Waals surface area contributed by atoms with Crippen LogP contribution in [0.1, 0.15) is 0 Å². The number of hydrogen-bond acceptors (Lipinski definition) is 1. The molecule has 0 rings (SSSR count). The SMILES string of the molecule is FC(F)(F)CNC=S. The van der Waals surface area contributed by atoms with E-state index in [2.05, 4.69) is 12.2 Å². The van der Waals surface area contributed by atoms with Gasteiger partial charge in [-0.25, -0.2) is 0 Å². The lowest BCUT2D eigenvalue weighted by atomic mass is 10.6. The molecule has 0 aromatic heterocycles. The van der Waals surface area contributed by atoms with Crippen molar-refractivity contribution in [2.45, 2.75) is 6.18 Å². The average Bonchev–Trinajstić information content (AvgIpc) is 1.59. The Hall–Kier alpha value is -0.320. The van der Waals surface area contributed by atoms with Gasteiger partial charge >= 0.3 is 6.18 Å². The maximum absolute atomic E-state index is 11.1. The highest BCUT2D eigenvalue weighted by atomic mass is 32.1. The van der Waals surface area contributed by atoms with E-state index in [1.807, 2.05) is 5.32 Å². The van der Waals surface area contributed by atoms with Crippen LogP contribution in [0.15, 0.2) is 0 Å². The number of nitrogens with one attached hydrogen (secondary N) is 1. The van der Waals surface area contributed by atoms with Crippen LogP contribution in [0.4, 0.5) is 13.2 Å². The zero-order valence-corrected chi connectivity index (χ0v) is 4.64. The summed E-state index contributed by atoms with van der Waals surface area (Å²) in [5.41, 5.74) is 0.841. The summed E-state index contributed by atoms with van der Waals surface area (Å²) in [7, 11) is 0. The lowest BCUT2D eigenvalue weighted by Crippen LogP contribution is -2.26. The monoisotopic (exact) mass is 143 g/mol. The molecule has 8 heavy (non-hydrogen) atoms. The van der Waals surface area contributed by atoms with Crippen LogP contribution in [0.2, 0.25) is 0 Å². The minimum absolute atomic E-state index is 0.841. The zero-order chi connectivity index (χ0) is 6.62. The van der Waals surface area contributed by atoms with Crippen LogP contribution >= 0.6 is 12.2 Å². The highest BCUT2D eigenvalue weighted by Crippen LogP contribution is 2.11. The van der Waals surface area contributed by atoms with Gasteiger partial charge in [-0.05, 0) is 0 Å². The molecule has 0 spiro atoms. The van der Waals surface area contributed by atoms with Gasteiger partial charge < -0.3 is 5.32 Å². The average molecular weight is 143 g/mol. The van der Waals surface area contributed by atoms with E-state index >= 15 is 0 Å². The molecule has 0 aromatic carbocycles. The van der Waals surface area contributed by atoms with E-state index in [0.717, 1.165) is 5.49 Å². The molecule has 0 fully saturated rings. The second-order valence-corrected chi connectivity index (χ2v) is 1.35. The smallest absolute Gasteiger partial charge is 0.374 e. The summed E-state index contributed by atoms with van der Waals surface area (Å²) in [4.78, 5) is 0. The molecule has 0 aliphatic heterocycles. The van der Waals surface area contributed by atoms with Crippen molar-refractivity contribution in [3.63, 3.8) is 0 Å². The summed E-state index contributed by atoms with van der Waals surface area (Å²) in [6.07, 6.45) is -4.16. The van der Waals surface area contributed by atoms with E-state index in [-0.39, 0.29) is 0 Å². The van der Waals surface area contributed by atoms with Gasteiger partial charge in [0.2, 0.25) is 0 Å². The van der Waals surface area contributed by atoms with Gasteiger partial charge in [0.05, 0.1) is 5.49 Å². The molecule has 0 aliphatic rings. The molecule has 0 heterocycles. The van der Waals surface area contributed by atoms with Gasteiger partial charge in [0.1, 0.15) is 6.54 Å². The van der Waals surface area contributed by atoms with E-state index in [0.29, 0.717) is 0 Å². The van der Waals surface area contributed by atoms with E-state index in [9.17, 15) is 13.2 Å². The summed E-state index contributed by atoms with van der Waals surface area (Å²) in [6, 6.07) is 0. The van der Waals surface area contributed by atoms with Crippen LogP contribution in [-0.4, -0.2) is 18.2 Å². The quantitative estimate of drug-likeness (QED) is 0.581. The third kappa shape index (κ3) is 5.68. The summed E-state index contributed by atoms with van der Waals surface area (Å²) in [5, 5.41) is 1.85. The van der Waals surface area contributed by atoms with Gasteiger partial charge in [-0.1, -0.05) is 12.2 Å². The lowest BCUT2D eigenvalue weighted by molar-refractivity contribution is -0.121. The van der Waals surface area contributed by atoms with E-state index < -0.39 is 12.7 Å². The van der Waals surface area contributed by atoms with E-state index in [4.69, 9.17) is 0 Å². The molecule has 0 aliphatic carbocycles. The molecule has 0 bridgehead atoms. The molecule has 0 saturated heterocycles. The Bertz CT molecular complexity index is 79.1. The maximum Gasteiger partial charge on any atom is 0.405 e. The van der Waals surface area contributed by atoms with Crippen molar-refractivity contribution in [3.8, 4) is 0 Å². The molecule has 0 amide bonds. The summed E-state index contributed by atoms with van der Waals surface area (Å²) in [5.74, 6) is 0. The van der Waals surface area contributed by atoms with Crippen molar-refractivity contribution in [2.75, 3.05) is 6.54 Å². The summed E-state index contributed by atoms with van der Waals surface area (Å²) >= 11 is 4.08. The van der Waals surface area contributed by atoms with Gasteiger partial charge in [0.15, 0.2) is 0 Å². The molecule has 1 N–H and O–H groups in total. The fraction of sp³-hybridized carbons (Fsp3) is 0.667. The minimum atomic E-state index is -4.16. The highest BCUT2D eigenvalue weighted by molar-refractivity contribution is 7.78. The predicted octanol–water partition coefficient (Wildman–Crippen LogP) is 1.10. The first-order valence-corrected chi connectivity index (χ1v) is 2.27. The van der Waals surface area contributed by atoms with Gasteiger partial charge in [-0.15, -0.1) is 0 Å². The van der Waals surface area contributed by atoms with Crippen LogP contribution in [-0.2, 0) is 0 Å². The largest absolute Gasteiger partial charge is 0.405 e. The first-order chi connectivity index (χ1) is 3.56. The number of thiocarbonyl (C=S) groups is 1. The summed E-state index contributed by atoms with van der Waals surface area (Å²) in [6.45, 7) is -1.05. The predicted molar refractivity (Wildman–Crippen MR) is 27.7 cm³/mol. The fourth-order valence-corrected chi connectivity index (χ4v) is 0.241. The molecule has 0 unspecified atom stereocenters. The second kappa shape index (κ2) is 2.86. The van der Waals surface area contributed by atoms with E-state index in [1.54, 1.807) is 0 Å². The van der Waals surface area contributed by atoms with Crippen LogP contribution in [0.3, 0.4) is 0 Å². The third-order valence-corrected chi connectivity index (χ3v) is 0.553. The molecule has 48 valence electrons. The fourth-order valence-electron chi connectivity index (χ4n) is 0.157. The normalized spacial score (nSPS) is 10.9. The van der Waals surface area contributed by atoms with E-state index in [1.165, 1.54) is 0 Å². The minimum Gasteiger partial charge on any atom is -0.374 e. The standard InChI is InChI=1S/C3H4F3NS/c4-3(5,6)1-7-2-8/h2H,1H2,(H,7,8). The zero-order valence-electron chi connectivity index (χ0n) is 3.83. The van der Waals surface area contributed by atoms with Gasteiger partial charge in [0.25, 0.3) is 0 Å². The van der Waals surface area contributed by atoms with Crippen LogP contribution in [0.5, 0.6) is 0 Å². The molecule has 1 nitrogen and oxygen atoms in total. The van der Waals surface area contributed by atoms with Crippen molar-refractivity contribution < 1.29 is 13.2 Å². The van der Waals surface area contributed by atoms with Crippen molar-refractivity contribution in [1.82, 2.24) is 5.32 Å². The van der Waals surface area contributed by atoms with Crippen molar-refractivity contribution in [2.24, 2.45) is 0 Å². The topological polar surface area (TPSA) is 12.0 Å². The molecule has 0 atom stereocenters. The van der Waals surface area contributed by atoms with Crippen molar-refractivity contribution in [1.29, 1.82) is 0 Å². The van der Waals surface area contributed by atoms with Crippen molar-refractivity contribution in [3.05, 3.63) is 0 Å². The summed E-state index contributed by atoms with van der Waals surface area (Å²) < 4.78 is 33.3. The Kier molecular flexibility index (Phi) is 2.75. The first-order valence-electron chi connectivity index (χ1n) is 1.80.